The van der Waals surface area contributed by atoms with Gasteiger partial charge in [0.1, 0.15) is 5.82 Å². The van der Waals surface area contributed by atoms with Crippen LogP contribution in [0.5, 0.6) is 0 Å². The van der Waals surface area contributed by atoms with Crippen LogP contribution in [-0.2, 0) is 21.8 Å². The van der Waals surface area contributed by atoms with Crippen LogP contribution in [0.25, 0.3) is 11.0 Å². The maximum absolute atomic E-state index is 12.9. The van der Waals surface area contributed by atoms with Crippen LogP contribution >= 0.6 is 0 Å². The van der Waals surface area contributed by atoms with E-state index in [-0.39, 0.29) is 22.8 Å². The van der Waals surface area contributed by atoms with Gasteiger partial charge < -0.3 is 9.55 Å². The van der Waals surface area contributed by atoms with E-state index in [1.165, 1.54) is 24.4 Å². The van der Waals surface area contributed by atoms with Crippen LogP contribution in [0.15, 0.2) is 51.1 Å². The molecule has 0 amide bonds. The number of hydrogen-bond acceptors (Lipinski definition) is 4. The van der Waals surface area contributed by atoms with Crippen molar-refractivity contribution in [3.8, 4) is 0 Å². The molecule has 30 heavy (non-hydrogen) atoms. The Kier molecular flexibility index (Phi) is 5.57. The third-order valence-electron chi connectivity index (χ3n) is 4.60. The summed E-state index contributed by atoms with van der Waals surface area (Å²) in [6.45, 7) is 5.79. The van der Waals surface area contributed by atoms with Crippen LogP contribution < -0.4 is 5.56 Å². The summed E-state index contributed by atoms with van der Waals surface area (Å²) in [4.78, 5) is 18.2. The lowest BCUT2D eigenvalue weighted by molar-refractivity contribution is -0.135. The molecule has 0 saturated heterocycles. The van der Waals surface area contributed by atoms with Crippen molar-refractivity contribution in [2.75, 3.05) is 0 Å². The molecule has 0 aliphatic rings. The van der Waals surface area contributed by atoms with E-state index in [9.17, 15) is 26.4 Å². The number of pyridine rings is 1. The molecule has 0 radical (unpaired) electrons. The van der Waals surface area contributed by atoms with Gasteiger partial charge in [-0.15, -0.1) is 0 Å². The highest BCUT2D eigenvalue weighted by atomic mass is 32.2. The molecule has 1 N–H and O–H groups in total. The number of benzene rings is 1. The summed E-state index contributed by atoms with van der Waals surface area (Å²) in [6.07, 6.45) is -4.01. The van der Waals surface area contributed by atoms with E-state index in [1.54, 1.807) is 10.6 Å². The first-order valence-corrected chi connectivity index (χ1v) is 10.8. The molecule has 3 rings (SSSR count). The molecule has 0 unspecified atom stereocenters. The molecule has 162 valence electrons. The largest absolute Gasteiger partial charge is 0.389 e. The topological polar surface area (TPSA) is 84.8 Å². The van der Waals surface area contributed by atoms with Crippen LogP contribution in [0.2, 0.25) is 0 Å². The molecule has 0 aliphatic carbocycles. The van der Waals surface area contributed by atoms with E-state index < -0.39 is 33.4 Å². The zero-order valence-electron chi connectivity index (χ0n) is 16.7. The van der Waals surface area contributed by atoms with Crippen molar-refractivity contribution in [2.24, 2.45) is 0 Å². The molecular weight excluding hydrogens is 419 g/mol. The standard InChI is InChI=1S/C20H22F3N3O3S/c1-19(2,3)18-25-15-11-13(30(28,29)14-7-9-24-17(27)12-14)5-6-16(15)26(18)10-4-8-20(21,22)23/h5-7,9,11-12H,4,8,10H2,1-3H3,(H,24,27). The van der Waals surface area contributed by atoms with Crippen molar-refractivity contribution >= 4 is 20.9 Å². The van der Waals surface area contributed by atoms with E-state index in [4.69, 9.17) is 0 Å². The lowest BCUT2D eigenvalue weighted by atomic mass is 9.95. The fourth-order valence-electron chi connectivity index (χ4n) is 3.24. The van der Waals surface area contributed by atoms with E-state index in [2.05, 4.69) is 9.97 Å². The predicted molar refractivity (Wildman–Crippen MR) is 106 cm³/mol. The number of rotatable bonds is 5. The molecule has 0 fully saturated rings. The molecule has 0 saturated carbocycles. The highest BCUT2D eigenvalue weighted by Crippen LogP contribution is 2.30. The molecule has 6 nitrogen and oxygen atoms in total. The van der Waals surface area contributed by atoms with Gasteiger partial charge in [-0.1, -0.05) is 20.8 Å². The molecule has 10 heteroatoms. The minimum atomic E-state index is -4.24. The van der Waals surface area contributed by atoms with Gasteiger partial charge in [-0.3, -0.25) is 4.79 Å². The fraction of sp³-hybridized carbons (Fsp3) is 0.400. The number of fused-ring (bicyclic) bond motifs is 1. The summed E-state index contributed by atoms with van der Waals surface area (Å²) in [5, 5.41) is 0. The number of aromatic amines is 1. The van der Waals surface area contributed by atoms with Gasteiger partial charge in [0.2, 0.25) is 15.4 Å². The van der Waals surface area contributed by atoms with E-state index in [0.29, 0.717) is 16.9 Å². The number of imidazole rings is 1. The van der Waals surface area contributed by atoms with E-state index >= 15 is 0 Å². The van der Waals surface area contributed by atoms with Crippen LogP contribution in [0.3, 0.4) is 0 Å². The van der Waals surface area contributed by atoms with E-state index in [1.807, 2.05) is 20.8 Å². The second-order valence-electron chi connectivity index (χ2n) is 8.10. The Morgan fingerprint density at radius 2 is 1.73 bits per heavy atom. The van der Waals surface area contributed by atoms with Crippen molar-refractivity contribution in [1.82, 2.24) is 14.5 Å². The first-order chi connectivity index (χ1) is 13.8. The SMILES string of the molecule is CC(C)(C)c1nc2cc(S(=O)(=O)c3cc[nH]c(=O)c3)ccc2n1CCCC(F)(F)F. The fourth-order valence-corrected chi connectivity index (χ4v) is 4.54. The Morgan fingerprint density at radius 1 is 1.07 bits per heavy atom. The molecule has 0 bridgehead atoms. The first kappa shape index (κ1) is 22.1. The van der Waals surface area contributed by atoms with Crippen LogP contribution in [0, 0.1) is 0 Å². The Morgan fingerprint density at radius 3 is 2.33 bits per heavy atom. The zero-order chi connectivity index (χ0) is 22.3. The third kappa shape index (κ3) is 4.58. The van der Waals surface area contributed by atoms with Crippen molar-refractivity contribution in [2.45, 2.75) is 61.5 Å². The van der Waals surface area contributed by atoms with Crippen LogP contribution in [0.1, 0.15) is 39.4 Å². The second kappa shape index (κ2) is 7.57. The van der Waals surface area contributed by atoms with Gasteiger partial charge in [0, 0.05) is 30.6 Å². The van der Waals surface area contributed by atoms with Crippen LogP contribution in [0.4, 0.5) is 13.2 Å². The molecule has 0 spiro atoms. The van der Waals surface area contributed by atoms with Gasteiger partial charge in [-0.25, -0.2) is 13.4 Å². The Bertz CT molecular complexity index is 1240. The maximum atomic E-state index is 12.9. The molecule has 0 aliphatic heterocycles. The lowest BCUT2D eigenvalue weighted by Gasteiger charge is -2.20. The number of H-pyrrole nitrogens is 1. The number of halogens is 3. The molecule has 3 aromatic rings. The molecular formula is C20H22F3N3O3S. The van der Waals surface area contributed by atoms with Crippen molar-refractivity contribution in [3.05, 3.63) is 52.7 Å². The Labute approximate surface area is 171 Å². The average molecular weight is 441 g/mol. The minimum absolute atomic E-state index is 0.0407. The van der Waals surface area contributed by atoms with E-state index in [0.717, 1.165) is 6.07 Å². The number of hydrogen-bond donors (Lipinski definition) is 1. The number of alkyl halides is 3. The normalized spacial score (nSPS) is 13.1. The Hall–Kier alpha value is -2.62. The molecule has 2 aromatic heterocycles. The second-order valence-corrected chi connectivity index (χ2v) is 10.0. The van der Waals surface area contributed by atoms with Gasteiger partial charge in [-0.2, -0.15) is 13.2 Å². The summed E-state index contributed by atoms with van der Waals surface area (Å²) >= 11 is 0. The summed E-state index contributed by atoms with van der Waals surface area (Å²) in [7, 11) is -3.95. The van der Waals surface area contributed by atoms with Gasteiger partial charge in [0.05, 0.1) is 20.8 Å². The first-order valence-electron chi connectivity index (χ1n) is 9.30. The van der Waals surface area contributed by atoms with Gasteiger partial charge in [0.15, 0.2) is 0 Å². The predicted octanol–water partition coefficient (Wildman–Crippen LogP) is 4.20. The highest BCUT2D eigenvalue weighted by molar-refractivity contribution is 7.91. The summed E-state index contributed by atoms with van der Waals surface area (Å²) in [5.41, 5.74) is -0.0610. The molecule has 1 aromatic carbocycles. The number of aryl methyl sites for hydroxylation is 1. The van der Waals surface area contributed by atoms with Crippen molar-refractivity contribution in [3.63, 3.8) is 0 Å². The van der Waals surface area contributed by atoms with Crippen molar-refractivity contribution < 1.29 is 21.6 Å². The van der Waals surface area contributed by atoms with Crippen LogP contribution in [-0.4, -0.2) is 29.1 Å². The third-order valence-corrected chi connectivity index (χ3v) is 6.35. The quantitative estimate of drug-likeness (QED) is 0.643. The van der Waals surface area contributed by atoms with Crippen molar-refractivity contribution in [1.29, 1.82) is 0 Å². The Balaban J connectivity index is 2.08. The number of sulfone groups is 1. The van der Waals surface area contributed by atoms with Gasteiger partial charge >= 0.3 is 6.18 Å². The highest BCUT2D eigenvalue weighted by Gasteiger charge is 2.28. The number of nitrogens with zero attached hydrogens (tertiary/aromatic N) is 2. The summed E-state index contributed by atoms with van der Waals surface area (Å²) in [5.74, 6) is 0.574. The summed E-state index contributed by atoms with van der Waals surface area (Å²) in [6, 6.07) is 6.60. The molecule has 2 heterocycles. The number of aromatic nitrogens is 3. The van der Waals surface area contributed by atoms with Gasteiger partial charge in [-0.05, 0) is 30.7 Å². The van der Waals surface area contributed by atoms with Gasteiger partial charge in [0.25, 0.3) is 0 Å². The zero-order valence-corrected chi connectivity index (χ0v) is 17.6. The maximum Gasteiger partial charge on any atom is 0.389 e. The lowest BCUT2D eigenvalue weighted by Crippen LogP contribution is -2.20. The minimum Gasteiger partial charge on any atom is -0.329 e. The average Bonchev–Trinajstić information content (AvgIpc) is 2.99. The number of nitrogens with one attached hydrogen (secondary N) is 1. The smallest absolute Gasteiger partial charge is 0.329 e. The molecule has 0 atom stereocenters. The summed E-state index contributed by atoms with van der Waals surface area (Å²) < 4.78 is 65.3. The monoisotopic (exact) mass is 441 g/mol.